The number of hydrogen-bond acceptors (Lipinski definition) is 2. The highest BCUT2D eigenvalue weighted by atomic mass is 127. The molecule has 18 heavy (non-hydrogen) atoms. The molecule has 6 heteroatoms. The summed E-state index contributed by atoms with van der Waals surface area (Å²) in [6.45, 7) is 7.34. The summed E-state index contributed by atoms with van der Waals surface area (Å²) < 4.78 is 0. The highest BCUT2D eigenvalue weighted by Crippen LogP contribution is 1.89. The molecular formula is C12H27IN4O. The van der Waals surface area contributed by atoms with Crippen LogP contribution in [0.2, 0.25) is 0 Å². The molecule has 5 nitrogen and oxygen atoms in total. The molecule has 0 saturated heterocycles. The van der Waals surface area contributed by atoms with Gasteiger partial charge in [-0.2, -0.15) is 0 Å². The van der Waals surface area contributed by atoms with Crippen LogP contribution in [0.1, 0.15) is 33.6 Å². The molecule has 0 aliphatic rings. The van der Waals surface area contributed by atoms with Crippen molar-refractivity contribution in [2.24, 2.45) is 4.99 Å². The van der Waals surface area contributed by atoms with E-state index in [0.717, 1.165) is 25.3 Å². The number of rotatable bonds is 6. The van der Waals surface area contributed by atoms with Gasteiger partial charge in [-0.1, -0.05) is 13.8 Å². The Balaban J connectivity index is 0. The van der Waals surface area contributed by atoms with Crippen molar-refractivity contribution in [2.45, 2.75) is 39.7 Å². The average Bonchev–Trinajstić information content (AvgIpc) is 2.31. The lowest BCUT2D eigenvalue weighted by atomic mass is 10.3. The fraction of sp³-hybridized carbons (Fsp3) is 0.833. The summed E-state index contributed by atoms with van der Waals surface area (Å²) in [5, 5.41) is 6.46. The Labute approximate surface area is 128 Å². The molecule has 0 fully saturated rings. The minimum absolute atomic E-state index is 0. The standard InChI is InChI=1S/C12H26N4O.HI/c1-6-8-13-12(15-10(3)7-2)14-9-11(17)16(4)5;/h10H,6-9H2,1-5H3,(H2,13,14,15);1H. The van der Waals surface area contributed by atoms with E-state index in [1.54, 1.807) is 19.0 Å². The van der Waals surface area contributed by atoms with E-state index in [9.17, 15) is 4.79 Å². The molecule has 0 aliphatic heterocycles. The van der Waals surface area contributed by atoms with E-state index in [4.69, 9.17) is 0 Å². The van der Waals surface area contributed by atoms with Crippen LogP contribution >= 0.6 is 24.0 Å². The summed E-state index contributed by atoms with van der Waals surface area (Å²) in [7, 11) is 3.47. The first-order valence-electron chi connectivity index (χ1n) is 6.26. The summed E-state index contributed by atoms with van der Waals surface area (Å²) in [6, 6.07) is 0.354. The zero-order valence-electron chi connectivity index (χ0n) is 12.1. The van der Waals surface area contributed by atoms with Gasteiger partial charge in [-0.05, 0) is 19.8 Å². The van der Waals surface area contributed by atoms with Crippen molar-refractivity contribution in [3.63, 3.8) is 0 Å². The maximum Gasteiger partial charge on any atom is 0.243 e. The Kier molecular flexibility index (Phi) is 12.7. The van der Waals surface area contributed by atoms with E-state index < -0.39 is 0 Å². The van der Waals surface area contributed by atoms with Gasteiger partial charge in [-0.15, -0.1) is 24.0 Å². The topological polar surface area (TPSA) is 56.7 Å². The van der Waals surface area contributed by atoms with Gasteiger partial charge in [0.25, 0.3) is 0 Å². The average molecular weight is 370 g/mol. The van der Waals surface area contributed by atoms with E-state index >= 15 is 0 Å². The van der Waals surface area contributed by atoms with Crippen LogP contribution in [-0.4, -0.2) is 50.0 Å². The lowest BCUT2D eigenvalue weighted by Gasteiger charge is -2.17. The van der Waals surface area contributed by atoms with Gasteiger partial charge >= 0.3 is 0 Å². The van der Waals surface area contributed by atoms with Gasteiger partial charge in [0.05, 0.1) is 0 Å². The fourth-order valence-electron chi connectivity index (χ4n) is 1.02. The van der Waals surface area contributed by atoms with Crippen molar-refractivity contribution in [1.82, 2.24) is 15.5 Å². The lowest BCUT2D eigenvalue weighted by Crippen LogP contribution is -2.43. The summed E-state index contributed by atoms with van der Waals surface area (Å²) in [5.74, 6) is 0.725. The van der Waals surface area contributed by atoms with Gasteiger partial charge in [0.1, 0.15) is 6.54 Å². The lowest BCUT2D eigenvalue weighted by molar-refractivity contribution is -0.127. The molecule has 0 saturated carbocycles. The van der Waals surface area contributed by atoms with Crippen molar-refractivity contribution < 1.29 is 4.79 Å². The summed E-state index contributed by atoms with van der Waals surface area (Å²) in [4.78, 5) is 17.3. The summed E-state index contributed by atoms with van der Waals surface area (Å²) in [5.41, 5.74) is 0. The van der Waals surface area contributed by atoms with Crippen LogP contribution in [-0.2, 0) is 4.79 Å². The number of halogens is 1. The Hall–Kier alpha value is -0.530. The van der Waals surface area contributed by atoms with Gasteiger partial charge in [0.2, 0.25) is 5.91 Å². The molecule has 0 radical (unpaired) electrons. The Morgan fingerprint density at radius 2 is 1.94 bits per heavy atom. The number of amides is 1. The third kappa shape index (κ3) is 9.49. The minimum Gasteiger partial charge on any atom is -0.356 e. The molecule has 1 unspecified atom stereocenters. The van der Waals surface area contributed by atoms with E-state index in [0.29, 0.717) is 6.04 Å². The third-order valence-electron chi connectivity index (χ3n) is 2.41. The molecular weight excluding hydrogens is 343 g/mol. The minimum atomic E-state index is 0. The number of likely N-dealkylation sites (N-methyl/N-ethyl adjacent to an activating group) is 1. The summed E-state index contributed by atoms with van der Waals surface area (Å²) in [6.07, 6.45) is 2.05. The first-order valence-corrected chi connectivity index (χ1v) is 6.26. The molecule has 0 spiro atoms. The Morgan fingerprint density at radius 1 is 1.33 bits per heavy atom. The number of carbonyl (C=O) groups excluding carboxylic acids is 1. The second-order valence-corrected chi connectivity index (χ2v) is 4.33. The van der Waals surface area contributed by atoms with Crippen LogP contribution in [0, 0.1) is 0 Å². The molecule has 0 rings (SSSR count). The highest BCUT2D eigenvalue weighted by Gasteiger charge is 2.06. The maximum absolute atomic E-state index is 11.4. The van der Waals surface area contributed by atoms with Crippen molar-refractivity contribution in [1.29, 1.82) is 0 Å². The van der Waals surface area contributed by atoms with E-state index in [1.165, 1.54) is 0 Å². The molecule has 108 valence electrons. The highest BCUT2D eigenvalue weighted by molar-refractivity contribution is 14.0. The zero-order chi connectivity index (χ0) is 13.3. The van der Waals surface area contributed by atoms with Crippen molar-refractivity contribution in [3.8, 4) is 0 Å². The predicted molar refractivity (Wildman–Crippen MR) is 87.6 cm³/mol. The molecule has 1 atom stereocenters. The molecule has 0 aromatic heterocycles. The molecule has 0 aromatic carbocycles. The Morgan fingerprint density at radius 3 is 2.39 bits per heavy atom. The summed E-state index contributed by atoms with van der Waals surface area (Å²) >= 11 is 0. The third-order valence-corrected chi connectivity index (χ3v) is 2.41. The zero-order valence-corrected chi connectivity index (χ0v) is 14.4. The van der Waals surface area contributed by atoms with Crippen molar-refractivity contribution >= 4 is 35.8 Å². The first-order chi connectivity index (χ1) is 8.01. The SMILES string of the molecule is CCCNC(=NCC(=O)N(C)C)NC(C)CC.I. The number of guanidine groups is 1. The van der Waals surface area contributed by atoms with Crippen molar-refractivity contribution in [3.05, 3.63) is 0 Å². The number of carbonyl (C=O) groups is 1. The van der Waals surface area contributed by atoms with Gasteiger partial charge in [-0.3, -0.25) is 4.79 Å². The van der Waals surface area contributed by atoms with Gasteiger partial charge in [0.15, 0.2) is 5.96 Å². The van der Waals surface area contributed by atoms with Gasteiger partial charge in [-0.25, -0.2) is 4.99 Å². The number of nitrogens with one attached hydrogen (secondary N) is 2. The van der Waals surface area contributed by atoms with Gasteiger partial charge in [0, 0.05) is 26.7 Å². The smallest absolute Gasteiger partial charge is 0.243 e. The van der Waals surface area contributed by atoms with Crippen LogP contribution < -0.4 is 10.6 Å². The van der Waals surface area contributed by atoms with Crippen LogP contribution in [0.25, 0.3) is 0 Å². The number of nitrogens with zero attached hydrogens (tertiary/aromatic N) is 2. The Bertz CT molecular complexity index is 256. The van der Waals surface area contributed by atoms with Gasteiger partial charge < -0.3 is 15.5 Å². The molecule has 0 bridgehead atoms. The van der Waals surface area contributed by atoms with Crippen LogP contribution in [0.5, 0.6) is 0 Å². The second-order valence-electron chi connectivity index (χ2n) is 4.33. The van der Waals surface area contributed by atoms with Crippen LogP contribution in [0.15, 0.2) is 4.99 Å². The first kappa shape index (κ1) is 19.8. The molecule has 0 heterocycles. The normalized spacial score (nSPS) is 12.4. The predicted octanol–water partition coefficient (Wildman–Crippen LogP) is 1.44. The van der Waals surface area contributed by atoms with E-state index in [1.807, 2.05) is 0 Å². The van der Waals surface area contributed by atoms with E-state index in [2.05, 4.69) is 36.4 Å². The quantitative estimate of drug-likeness (QED) is 0.423. The molecule has 0 aliphatic carbocycles. The molecule has 0 aromatic rings. The number of aliphatic imine (C=N–C) groups is 1. The van der Waals surface area contributed by atoms with Crippen molar-refractivity contribution in [2.75, 3.05) is 27.2 Å². The fourth-order valence-corrected chi connectivity index (χ4v) is 1.02. The monoisotopic (exact) mass is 370 g/mol. The van der Waals surface area contributed by atoms with E-state index in [-0.39, 0.29) is 36.4 Å². The second kappa shape index (κ2) is 11.6. The number of hydrogen-bond donors (Lipinski definition) is 2. The largest absolute Gasteiger partial charge is 0.356 e. The maximum atomic E-state index is 11.4. The molecule has 1 amide bonds. The van der Waals surface area contributed by atoms with Crippen LogP contribution in [0.4, 0.5) is 0 Å². The molecule has 2 N–H and O–H groups in total. The van der Waals surface area contributed by atoms with Crippen LogP contribution in [0.3, 0.4) is 0 Å².